The number of hydrogen-bond acceptors (Lipinski definition) is 4. The Kier molecular flexibility index (Phi) is 4.32. The summed E-state index contributed by atoms with van der Waals surface area (Å²) in [6.45, 7) is 0. The standard InChI is InChI=1S/C15H24N2O2/c1-17(2)15(10-7-11(16)8-10)13-6-5-12(18-3)9-14(13)19-4/h5-6,9-11,15H,7-8,16H2,1-4H3. The van der Waals surface area contributed by atoms with E-state index in [-0.39, 0.29) is 0 Å². The lowest BCUT2D eigenvalue weighted by atomic mass is 9.73. The van der Waals surface area contributed by atoms with Crippen LogP contribution in [0.2, 0.25) is 0 Å². The van der Waals surface area contributed by atoms with Gasteiger partial charge < -0.3 is 20.1 Å². The van der Waals surface area contributed by atoms with E-state index < -0.39 is 0 Å². The van der Waals surface area contributed by atoms with Crippen LogP contribution in [0.4, 0.5) is 0 Å². The van der Waals surface area contributed by atoms with Crippen LogP contribution in [-0.4, -0.2) is 39.3 Å². The molecule has 1 atom stereocenters. The summed E-state index contributed by atoms with van der Waals surface area (Å²) >= 11 is 0. The lowest BCUT2D eigenvalue weighted by Gasteiger charge is -2.42. The van der Waals surface area contributed by atoms with Gasteiger partial charge in [-0.25, -0.2) is 0 Å². The maximum atomic E-state index is 5.93. The van der Waals surface area contributed by atoms with Crippen LogP contribution >= 0.6 is 0 Å². The van der Waals surface area contributed by atoms with Gasteiger partial charge in [0.15, 0.2) is 0 Å². The van der Waals surface area contributed by atoms with Crippen molar-refractivity contribution in [2.75, 3.05) is 28.3 Å². The van der Waals surface area contributed by atoms with Gasteiger partial charge in [-0.15, -0.1) is 0 Å². The molecule has 0 aromatic heterocycles. The van der Waals surface area contributed by atoms with Crippen molar-refractivity contribution < 1.29 is 9.47 Å². The largest absolute Gasteiger partial charge is 0.497 e. The maximum absolute atomic E-state index is 5.93. The molecular formula is C15H24N2O2. The molecule has 1 aliphatic carbocycles. The quantitative estimate of drug-likeness (QED) is 0.884. The van der Waals surface area contributed by atoms with Crippen LogP contribution in [0.15, 0.2) is 18.2 Å². The summed E-state index contributed by atoms with van der Waals surface area (Å²) in [5.41, 5.74) is 7.14. The van der Waals surface area contributed by atoms with Crippen molar-refractivity contribution >= 4 is 0 Å². The number of methoxy groups -OCH3 is 2. The minimum absolute atomic E-state index is 0.348. The Morgan fingerprint density at radius 3 is 2.37 bits per heavy atom. The Morgan fingerprint density at radius 1 is 1.21 bits per heavy atom. The molecule has 1 aromatic rings. The van der Waals surface area contributed by atoms with Gasteiger partial charge in [0.1, 0.15) is 11.5 Å². The van der Waals surface area contributed by atoms with Crippen LogP contribution < -0.4 is 15.2 Å². The summed E-state index contributed by atoms with van der Waals surface area (Å²) in [6, 6.07) is 6.75. The van der Waals surface area contributed by atoms with E-state index in [1.807, 2.05) is 12.1 Å². The first-order valence-corrected chi connectivity index (χ1v) is 6.70. The van der Waals surface area contributed by atoms with E-state index in [0.717, 1.165) is 24.3 Å². The summed E-state index contributed by atoms with van der Waals surface area (Å²) in [5.74, 6) is 2.31. The lowest BCUT2D eigenvalue weighted by Crippen LogP contribution is -2.43. The Labute approximate surface area is 115 Å². The van der Waals surface area contributed by atoms with Crippen molar-refractivity contribution in [2.45, 2.75) is 24.9 Å². The molecule has 0 aliphatic heterocycles. The second-order valence-electron chi connectivity index (χ2n) is 5.51. The van der Waals surface area contributed by atoms with Crippen molar-refractivity contribution in [3.63, 3.8) is 0 Å². The average Bonchev–Trinajstić information content (AvgIpc) is 2.36. The number of rotatable bonds is 5. The molecule has 4 heteroatoms. The van der Waals surface area contributed by atoms with Crippen LogP contribution in [0.3, 0.4) is 0 Å². The minimum Gasteiger partial charge on any atom is -0.497 e. The fourth-order valence-electron chi connectivity index (χ4n) is 2.98. The molecule has 19 heavy (non-hydrogen) atoms. The van der Waals surface area contributed by atoms with Gasteiger partial charge in [-0.1, -0.05) is 6.07 Å². The lowest BCUT2D eigenvalue weighted by molar-refractivity contribution is 0.121. The van der Waals surface area contributed by atoms with E-state index >= 15 is 0 Å². The monoisotopic (exact) mass is 264 g/mol. The third-order valence-corrected chi connectivity index (χ3v) is 3.97. The van der Waals surface area contributed by atoms with E-state index in [1.54, 1.807) is 14.2 Å². The SMILES string of the molecule is COc1ccc(C(C2CC(N)C2)N(C)C)c(OC)c1. The number of nitrogens with two attached hydrogens (primary N) is 1. The molecule has 0 spiro atoms. The normalized spacial score (nSPS) is 23.9. The Balaban J connectivity index is 2.30. The van der Waals surface area contributed by atoms with Gasteiger partial charge in [-0.2, -0.15) is 0 Å². The van der Waals surface area contributed by atoms with Gasteiger partial charge in [-0.05, 0) is 38.9 Å². The zero-order chi connectivity index (χ0) is 14.0. The predicted octanol–water partition coefficient (Wildman–Crippen LogP) is 2.04. The number of benzene rings is 1. The number of nitrogens with zero attached hydrogens (tertiary/aromatic N) is 1. The highest BCUT2D eigenvalue weighted by Gasteiger charge is 2.36. The summed E-state index contributed by atoms with van der Waals surface area (Å²) in [7, 11) is 7.59. The van der Waals surface area contributed by atoms with Crippen LogP contribution in [0.5, 0.6) is 11.5 Å². The Bertz CT molecular complexity index is 428. The molecule has 1 aromatic carbocycles. The molecule has 0 amide bonds. The second kappa shape index (κ2) is 5.80. The smallest absolute Gasteiger partial charge is 0.127 e. The maximum Gasteiger partial charge on any atom is 0.127 e. The van der Waals surface area contributed by atoms with Gasteiger partial charge in [0.25, 0.3) is 0 Å². The highest BCUT2D eigenvalue weighted by Crippen LogP contribution is 2.43. The van der Waals surface area contributed by atoms with Crippen molar-refractivity contribution in [1.29, 1.82) is 0 Å². The molecule has 1 unspecified atom stereocenters. The molecule has 1 aliphatic rings. The summed E-state index contributed by atoms with van der Waals surface area (Å²) in [6.07, 6.45) is 2.16. The Morgan fingerprint density at radius 2 is 1.89 bits per heavy atom. The van der Waals surface area contributed by atoms with Crippen molar-refractivity contribution in [3.8, 4) is 11.5 Å². The van der Waals surface area contributed by atoms with Gasteiger partial charge in [0.05, 0.1) is 14.2 Å². The third kappa shape index (κ3) is 2.85. The van der Waals surface area contributed by atoms with Gasteiger partial charge in [-0.3, -0.25) is 0 Å². The average molecular weight is 264 g/mol. The predicted molar refractivity (Wildman–Crippen MR) is 76.7 cm³/mol. The molecular weight excluding hydrogens is 240 g/mol. The number of ether oxygens (including phenoxy) is 2. The second-order valence-corrected chi connectivity index (χ2v) is 5.51. The van der Waals surface area contributed by atoms with Crippen molar-refractivity contribution in [3.05, 3.63) is 23.8 Å². The molecule has 0 saturated heterocycles. The molecule has 2 N–H and O–H groups in total. The van der Waals surface area contributed by atoms with Crippen LogP contribution in [0, 0.1) is 5.92 Å². The third-order valence-electron chi connectivity index (χ3n) is 3.97. The van der Waals surface area contributed by atoms with Crippen molar-refractivity contribution in [2.24, 2.45) is 11.7 Å². The van der Waals surface area contributed by atoms with E-state index in [0.29, 0.717) is 18.0 Å². The molecule has 0 heterocycles. The molecule has 4 nitrogen and oxygen atoms in total. The zero-order valence-electron chi connectivity index (χ0n) is 12.2. The summed E-state index contributed by atoms with van der Waals surface area (Å²) < 4.78 is 10.8. The fraction of sp³-hybridized carbons (Fsp3) is 0.600. The van der Waals surface area contributed by atoms with E-state index in [1.165, 1.54) is 5.56 Å². The first kappa shape index (κ1) is 14.2. The van der Waals surface area contributed by atoms with Crippen molar-refractivity contribution in [1.82, 2.24) is 4.90 Å². The number of hydrogen-bond donors (Lipinski definition) is 1. The van der Waals surface area contributed by atoms with E-state index in [4.69, 9.17) is 15.2 Å². The van der Waals surface area contributed by atoms with E-state index in [9.17, 15) is 0 Å². The van der Waals surface area contributed by atoms with E-state index in [2.05, 4.69) is 25.1 Å². The summed E-state index contributed by atoms with van der Waals surface area (Å²) in [5, 5.41) is 0. The van der Waals surface area contributed by atoms with Crippen LogP contribution in [0.25, 0.3) is 0 Å². The van der Waals surface area contributed by atoms with Gasteiger partial charge in [0.2, 0.25) is 0 Å². The highest BCUT2D eigenvalue weighted by atomic mass is 16.5. The zero-order valence-corrected chi connectivity index (χ0v) is 12.2. The molecule has 1 fully saturated rings. The van der Waals surface area contributed by atoms with Gasteiger partial charge >= 0.3 is 0 Å². The molecule has 0 bridgehead atoms. The fourth-order valence-corrected chi connectivity index (χ4v) is 2.98. The summed E-state index contributed by atoms with van der Waals surface area (Å²) in [4.78, 5) is 2.25. The molecule has 106 valence electrons. The minimum atomic E-state index is 0.348. The van der Waals surface area contributed by atoms with Gasteiger partial charge in [0, 0.05) is 23.7 Å². The first-order valence-electron chi connectivity index (χ1n) is 6.70. The topological polar surface area (TPSA) is 47.7 Å². The molecule has 1 saturated carbocycles. The van der Waals surface area contributed by atoms with Crippen LogP contribution in [-0.2, 0) is 0 Å². The Hall–Kier alpha value is -1.26. The molecule has 0 radical (unpaired) electrons. The molecule has 2 rings (SSSR count). The first-order chi connectivity index (χ1) is 9.06. The highest BCUT2D eigenvalue weighted by molar-refractivity contribution is 5.43. The van der Waals surface area contributed by atoms with Crippen LogP contribution in [0.1, 0.15) is 24.4 Å².